The Balaban J connectivity index is 2.38. The van der Waals surface area contributed by atoms with Gasteiger partial charge < -0.3 is 14.0 Å². The first-order chi connectivity index (χ1) is 9.68. The molecule has 0 aromatic heterocycles. The van der Waals surface area contributed by atoms with Crippen LogP contribution in [0, 0.1) is 0 Å². The van der Waals surface area contributed by atoms with Gasteiger partial charge in [0.25, 0.3) is 0 Å². The largest absolute Gasteiger partial charge is 0.496 e. The van der Waals surface area contributed by atoms with E-state index in [0.29, 0.717) is 10.5 Å². The van der Waals surface area contributed by atoms with Gasteiger partial charge in [0.1, 0.15) is 0 Å². The predicted molar refractivity (Wildman–Crippen MR) is 82.9 cm³/mol. The number of esters is 1. The minimum atomic E-state index is -0.594. The van der Waals surface area contributed by atoms with Gasteiger partial charge in [-0.2, -0.15) is 0 Å². The molecular weight excluding hydrogens is 290 g/mol. The normalized spacial score (nSPS) is 19.6. The Hall–Kier alpha value is -1.04. The van der Waals surface area contributed by atoms with Gasteiger partial charge in [0.2, 0.25) is 0 Å². The number of rotatable bonds is 3. The molecule has 0 bridgehead atoms. The lowest BCUT2D eigenvalue weighted by Gasteiger charge is -2.32. The van der Waals surface area contributed by atoms with Crippen LogP contribution in [0.5, 0.6) is 0 Å². The Labute approximate surface area is 130 Å². The highest BCUT2D eigenvalue weighted by Crippen LogP contribution is 2.37. The molecule has 0 aliphatic carbocycles. The molecule has 1 heterocycles. The van der Waals surface area contributed by atoms with Gasteiger partial charge in [0.05, 0.1) is 24.7 Å². The van der Waals surface area contributed by atoms with E-state index in [1.165, 1.54) is 7.11 Å². The summed E-state index contributed by atoms with van der Waals surface area (Å²) in [6.07, 6.45) is 0.135. The quantitative estimate of drug-likeness (QED) is 0.635. The summed E-state index contributed by atoms with van der Waals surface area (Å²) >= 11 is 6.31. The van der Waals surface area contributed by atoms with Crippen LogP contribution in [-0.4, -0.2) is 31.4 Å². The van der Waals surface area contributed by atoms with E-state index in [4.69, 9.17) is 25.6 Å². The average molecular weight is 311 g/mol. The van der Waals surface area contributed by atoms with Gasteiger partial charge in [-0.25, -0.2) is 0 Å². The summed E-state index contributed by atoms with van der Waals surface area (Å²) in [6, 6.07) is 5.40. The van der Waals surface area contributed by atoms with Crippen molar-refractivity contribution in [1.82, 2.24) is 0 Å². The van der Waals surface area contributed by atoms with Gasteiger partial charge in [-0.05, 0) is 39.3 Å². The lowest BCUT2D eigenvalue weighted by molar-refractivity contribution is -0.139. The molecule has 4 nitrogen and oxygen atoms in total. The summed E-state index contributed by atoms with van der Waals surface area (Å²) < 4.78 is 16.8. The third-order valence-corrected chi connectivity index (χ3v) is 4.52. The molecule has 0 radical (unpaired) electrons. The fourth-order valence-electron chi connectivity index (χ4n) is 2.19. The van der Waals surface area contributed by atoms with E-state index in [1.807, 2.05) is 33.8 Å². The van der Waals surface area contributed by atoms with Crippen LogP contribution in [0.1, 0.15) is 33.3 Å². The minimum Gasteiger partial charge on any atom is -0.469 e. The molecule has 1 aliphatic rings. The summed E-state index contributed by atoms with van der Waals surface area (Å²) in [5.41, 5.74) is 0.537. The molecule has 114 valence electrons. The number of hydrogen-bond donors (Lipinski definition) is 0. The van der Waals surface area contributed by atoms with Crippen molar-refractivity contribution >= 4 is 30.2 Å². The summed E-state index contributed by atoms with van der Waals surface area (Å²) in [6.45, 7) is 7.90. The Morgan fingerprint density at radius 3 is 2.33 bits per heavy atom. The van der Waals surface area contributed by atoms with E-state index in [0.717, 1.165) is 5.56 Å². The standard InChI is InChI=1S/C15H20BClO4/c1-14(2)15(3,4)21-16(20-14)13-10(9-12(18)19-5)7-6-8-11(13)17/h6-8H,9H2,1-5H3. The van der Waals surface area contributed by atoms with Gasteiger partial charge in [-0.3, -0.25) is 4.79 Å². The summed E-state index contributed by atoms with van der Waals surface area (Å²) in [4.78, 5) is 11.6. The zero-order valence-corrected chi connectivity index (χ0v) is 13.8. The molecule has 2 rings (SSSR count). The highest BCUT2D eigenvalue weighted by molar-refractivity contribution is 6.66. The first kappa shape index (κ1) is 16.3. The van der Waals surface area contributed by atoms with Crippen molar-refractivity contribution in [3.8, 4) is 0 Å². The Bertz CT molecular complexity index is 541. The van der Waals surface area contributed by atoms with Crippen LogP contribution >= 0.6 is 11.6 Å². The van der Waals surface area contributed by atoms with E-state index < -0.39 is 18.3 Å². The van der Waals surface area contributed by atoms with Gasteiger partial charge in [0, 0.05) is 10.5 Å². The zero-order chi connectivity index (χ0) is 15.8. The van der Waals surface area contributed by atoms with E-state index in [1.54, 1.807) is 12.1 Å². The van der Waals surface area contributed by atoms with Crippen molar-refractivity contribution in [2.45, 2.75) is 45.3 Å². The van der Waals surface area contributed by atoms with Crippen LogP contribution < -0.4 is 5.46 Å². The third kappa shape index (κ3) is 3.10. The number of halogens is 1. The first-order valence-corrected chi connectivity index (χ1v) is 7.25. The first-order valence-electron chi connectivity index (χ1n) is 6.87. The smallest absolute Gasteiger partial charge is 0.469 e. The van der Waals surface area contributed by atoms with Crippen molar-refractivity contribution in [2.24, 2.45) is 0 Å². The fourth-order valence-corrected chi connectivity index (χ4v) is 2.47. The Morgan fingerprint density at radius 2 is 1.81 bits per heavy atom. The molecular formula is C15H20BClO4. The summed E-state index contributed by atoms with van der Waals surface area (Å²) in [5.74, 6) is -0.324. The molecule has 21 heavy (non-hydrogen) atoms. The van der Waals surface area contributed by atoms with Crippen molar-refractivity contribution in [3.05, 3.63) is 28.8 Å². The van der Waals surface area contributed by atoms with Crippen LogP contribution in [0.3, 0.4) is 0 Å². The van der Waals surface area contributed by atoms with Gasteiger partial charge in [-0.15, -0.1) is 0 Å². The van der Waals surface area contributed by atoms with Crippen LogP contribution in [0.4, 0.5) is 0 Å². The summed E-state index contributed by atoms with van der Waals surface area (Å²) in [7, 11) is 0.768. The molecule has 1 saturated heterocycles. The van der Waals surface area contributed by atoms with Gasteiger partial charge in [-0.1, -0.05) is 23.7 Å². The zero-order valence-electron chi connectivity index (χ0n) is 13.0. The lowest BCUT2D eigenvalue weighted by atomic mass is 9.75. The highest BCUT2D eigenvalue weighted by atomic mass is 35.5. The predicted octanol–water partition coefficient (Wildman–Crippen LogP) is 2.35. The third-order valence-electron chi connectivity index (χ3n) is 4.19. The monoisotopic (exact) mass is 310 g/mol. The maximum Gasteiger partial charge on any atom is 0.496 e. The molecule has 6 heteroatoms. The molecule has 0 amide bonds. The SMILES string of the molecule is COC(=O)Cc1cccc(Cl)c1B1OC(C)(C)C(C)(C)O1. The van der Waals surface area contributed by atoms with Crippen molar-refractivity contribution in [2.75, 3.05) is 7.11 Å². The van der Waals surface area contributed by atoms with Crippen LogP contribution in [0.25, 0.3) is 0 Å². The maximum absolute atomic E-state index is 11.6. The summed E-state index contributed by atoms with van der Waals surface area (Å²) in [5, 5.41) is 0.523. The number of carbonyl (C=O) groups is 1. The molecule has 0 atom stereocenters. The molecule has 1 fully saturated rings. The van der Waals surface area contributed by atoms with E-state index in [-0.39, 0.29) is 12.4 Å². The topological polar surface area (TPSA) is 44.8 Å². The molecule has 1 aromatic rings. The minimum absolute atomic E-state index is 0.135. The van der Waals surface area contributed by atoms with Gasteiger partial charge >= 0.3 is 13.1 Å². The van der Waals surface area contributed by atoms with Crippen molar-refractivity contribution in [1.29, 1.82) is 0 Å². The molecule has 1 aromatic carbocycles. The van der Waals surface area contributed by atoms with E-state index in [9.17, 15) is 4.79 Å². The molecule has 0 spiro atoms. The fraction of sp³-hybridized carbons (Fsp3) is 0.533. The molecule has 1 aliphatic heterocycles. The van der Waals surface area contributed by atoms with Crippen molar-refractivity contribution < 1.29 is 18.8 Å². The van der Waals surface area contributed by atoms with E-state index in [2.05, 4.69) is 0 Å². The molecule has 0 N–H and O–H groups in total. The maximum atomic E-state index is 11.6. The van der Waals surface area contributed by atoms with Crippen molar-refractivity contribution in [3.63, 3.8) is 0 Å². The second-order valence-corrected chi connectivity index (χ2v) is 6.56. The highest BCUT2D eigenvalue weighted by Gasteiger charge is 2.52. The number of benzene rings is 1. The number of methoxy groups -OCH3 is 1. The van der Waals surface area contributed by atoms with Gasteiger partial charge in [0.15, 0.2) is 0 Å². The van der Waals surface area contributed by atoms with E-state index >= 15 is 0 Å². The molecule has 0 unspecified atom stereocenters. The number of carbonyl (C=O) groups excluding carboxylic acids is 1. The Morgan fingerprint density at radius 1 is 1.24 bits per heavy atom. The molecule has 0 saturated carbocycles. The Kier molecular flexibility index (Phi) is 4.38. The van der Waals surface area contributed by atoms with Crippen LogP contribution in [0.2, 0.25) is 5.02 Å². The lowest BCUT2D eigenvalue weighted by Crippen LogP contribution is -2.41. The van der Waals surface area contributed by atoms with Crippen LogP contribution in [-0.2, 0) is 25.3 Å². The second kappa shape index (κ2) is 5.63. The van der Waals surface area contributed by atoms with Crippen LogP contribution in [0.15, 0.2) is 18.2 Å². The average Bonchev–Trinajstić information content (AvgIpc) is 2.58. The second-order valence-electron chi connectivity index (χ2n) is 6.15. The number of hydrogen-bond acceptors (Lipinski definition) is 4. The number of ether oxygens (including phenoxy) is 1.